The predicted octanol–water partition coefficient (Wildman–Crippen LogP) is 1.77. The third-order valence-corrected chi connectivity index (χ3v) is 5.93. The largest absolute Gasteiger partial charge is 0.374 e. The van der Waals surface area contributed by atoms with Gasteiger partial charge in [0.15, 0.2) is 5.65 Å². The number of anilines is 1. The zero-order chi connectivity index (χ0) is 16.6. The second-order valence-corrected chi connectivity index (χ2v) is 7.54. The average molecular weight is 347 g/mol. The number of allylic oxidation sites excluding steroid dienone is 1. The lowest BCUT2D eigenvalue weighted by molar-refractivity contribution is -0.0628. The summed E-state index contributed by atoms with van der Waals surface area (Å²) >= 11 is 1.95. The SMILES string of the molecule is C=CCn1ncc2c(=O)[nH]c(NC3CCOC4(CCSC4)C3)nc21. The molecule has 2 unspecified atom stereocenters. The summed E-state index contributed by atoms with van der Waals surface area (Å²) in [6.07, 6.45) is 6.26. The lowest BCUT2D eigenvalue weighted by Crippen LogP contribution is -2.44. The minimum Gasteiger partial charge on any atom is -0.374 e. The van der Waals surface area contributed by atoms with Crippen LogP contribution in [0.2, 0.25) is 0 Å². The van der Waals surface area contributed by atoms with Gasteiger partial charge in [-0.05, 0) is 25.0 Å². The van der Waals surface area contributed by atoms with Crippen LogP contribution >= 0.6 is 11.8 Å². The highest BCUT2D eigenvalue weighted by atomic mass is 32.2. The number of nitrogens with zero attached hydrogens (tertiary/aromatic N) is 3. The van der Waals surface area contributed by atoms with E-state index in [2.05, 4.69) is 27.0 Å². The quantitative estimate of drug-likeness (QED) is 0.820. The first-order valence-electron chi connectivity index (χ1n) is 8.24. The molecule has 1 spiro atoms. The van der Waals surface area contributed by atoms with Crippen LogP contribution in [-0.2, 0) is 11.3 Å². The van der Waals surface area contributed by atoms with Crippen molar-refractivity contribution in [2.45, 2.75) is 37.5 Å². The first-order valence-corrected chi connectivity index (χ1v) is 9.40. The molecule has 0 amide bonds. The summed E-state index contributed by atoms with van der Waals surface area (Å²) < 4.78 is 7.73. The molecule has 128 valence electrons. The number of fused-ring (bicyclic) bond motifs is 1. The molecule has 2 aliphatic rings. The Balaban J connectivity index is 1.58. The van der Waals surface area contributed by atoms with Gasteiger partial charge in [-0.25, -0.2) is 4.68 Å². The molecule has 0 aliphatic carbocycles. The molecule has 2 fully saturated rings. The van der Waals surface area contributed by atoms with Crippen molar-refractivity contribution in [2.24, 2.45) is 0 Å². The Labute approximate surface area is 143 Å². The van der Waals surface area contributed by atoms with Crippen LogP contribution in [0.25, 0.3) is 11.0 Å². The molecule has 4 heterocycles. The first-order chi connectivity index (χ1) is 11.7. The summed E-state index contributed by atoms with van der Waals surface area (Å²) in [6.45, 7) is 4.99. The van der Waals surface area contributed by atoms with E-state index in [0.717, 1.165) is 37.4 Å². The minimum absolute atomic E-state index is 0.00437. The summed E-state index contributed by atoms with van der Waals surface area (Å²) in [7, 11) is 0. The van der Waals surface area contributed by atoms with Crippen LogP contribution in [0.5, 0.6) is 0 Å². The van der Waals surface area contributed by atoms with Gasteiger partial charge in [0.2, 0.25) is 5.95 Å². The molecule has 2 aliphatic heterocycles. The lowest BCUT2D eigenvalue weighted by atomic mass is 9.90. The highest BCUT2D eigenvalue weighted by Crippen LogP contribution is 2.38. The Bertz CT molecular complexity index is 808. The maximum Gasteiger partial charge on any atom is 0.263 e. The molecule has 0 radical (unpaired) electrons. The van der Waals surface area contributed by atoms with Crippen LogP contribution in [0.3, 0.4) is 0 Å². The van der Waals surface area contributed by atoms with E-state index in [1.165, 1.54) is 0 Å². The van der Waals surface area contributed by atoms with Crippen molar-refractivity contribution in [1.29, 1.82) is 0 Å². The van der Waals surface area contributed by atoms with Crippen molar-refractivity contribution in [3.05, 3.63) is 29.2 Å². The molecule has 2 aromatic rings. The minimum atomic E-state index is -0.170. The highest BCUT2D eigenvalue weighted by Gasteiger charge is 2.40. The summed E-state index contributed by atoms with van der Waals surface area (Å²) in [5, 5.41) is 8.10. The van der Waals surface area contributed by atoms with E-state index in [1.54, 1.807) is 17.0 Å². The van der Waals surface area contributed by atoms with E-state index in [1.807, 2.05) is 11.8 Å². The number of hydrogen-bond donors (Lipinski definition) is 2. The Morgan fingerprint density at radius 3 is 3.33 bits per heavy atom. The molecule has 24 heavy (non-hydrogen) atoms. The molecule has 2 atom stereocenters. The Morgan fingerprint density at radius 2 is 2.54 bits per heavy atom. The van der Waals surface area contributed by atoms with Gasteiger partial charge < -0.3 is 10.1 Å². The van der Waals surface area contributed by atoms with E-state index in [9.17, 15) is 4.79 Å². The van der Waals surface area contributed by atoms with Gasteiger partial charge in [0, 0.05) is 18.4 Å². The number of nitrogens with one attached hydrogen (secondary N) is 2. The monoisotopic (exact) mass is 347 g/mol. The number of aromatic amines is 1. The van der Waals surface area contributed by atoms with Crippen LogP contribution in [-0.4, -0.2) is 49.5 Å². The Hall–Kier alpha value is -1.80. The van der Waals surface area contributed by atoms with Crippen molar-refractivity contribution < 1.29 is 4.74 Å². The molecule has 0 bridgehead atoms. The van der Waals surface area contributed by atoms with Crippen molar-refractivity contribution in [3.8, 4) is 0 Å². The van der Waals surface area contributed by atoms with E-state index < -0.39 is 0 Å². The topological polar surface area (TPSA) is 84.8 Å². The summed E-state index contributed by atoms with van der Waals surface area (Å²) in [4.78, 5) is 19.7. The number of H-pyrrole nitrogens is 1. The molecule has 2 N–H and O–H groups in total. The number of thioether (sulfide) groups is 1. The predicted molar refractivity (Wildman–Crippen MR) is 95.6 cm³/mol. The number of aromatic nitrogens is 4. The second kappa shape index (κ2) is 6.25. The zero-order valence-corrected chi connectivity index (χ0v) is 14.3. The van der Waals surface area contributed by atoms with Crippen molar-refractivity contribution in [2.75, 3.05) is 23.4 Å². The zero-order valence-electron chi connectivity index (χ0n) is 13.5. The van der Waals surface area contributed by atoms with Gasteiger partial charge in [0.25, 0.3) is 5.56 Å². The highest BCUT2D eigenvalue weighted by molar-refractivity contribution is 7.99. The third-order valence-electron chi connectivity index (χ3n) is 4.71. The van der Waals surface area contributed by atoms with Gasteiger partial charge in [0.1, 0.15) is 5.39 Å². The number of rotatable bonds is 4. The maximum absolute atomic E-state index is 12.3. The van der Waals surface area contributed by atoms with Crippen LogP contribution in [0.15, 0.2) is 23.6 Å². The molecule has 4 rings (SSSR count). The van der Waals surface area contributed by atoms with E-state index in [-0.39, 0.29) is 17.2 Å². The van der Waals surface area contributed by atoms with Gasteiger partial charge >= 0.3 is 0 Å². The van der Waals surface area contributed by atoms with Gasteiger partial charge in [-0.3, -0.25) is 9.78 Å². The van der Waals surface area contributed by atoms with E-state index in [0.29, 0.717) is 23.5 Å². The smallest absolute Gasteiger partial charge is 0.263 e. The molecule has 0 saturated carbocycles. The molecule has 0 aromatic carbocycles. The molecule has 7 nitrogen and oxygen atoms in total. The Morgan fingerprint density at radius 1 is 1.62 bits per heavy atom. The standard InChI is InChI=1S/C16H21N5O2S/c1-2-5-21-13-12(9-17-21)14(22)20-15(19-13)18-11-3-6-23-16(8-11)4-7-24-10-16/h2,9,11H,1,3-8,10H2,(H2,18,19,20,22). The number of hydrogen-bond acceptors (Lipinski definition) is 6. The maximum atomic E-state index is 12.3. The molecular weight excluding hydrogens is 326 g/mol. The molecular formula is C16H21N5O2S. The molecule has 8 heteroatoms. The summed E-state index contributed by atoms with van der Waals surface area (Å²) in [5.74, 6) is 2.72. The van der Waals surface area contributed by atoms with Gasteiger partial charge in [-0.1, -0.05) is 6.08 Å². The first kappa shape index (κ1) is 15.7. The van der Waals surface area contributed by atoms with Crippen LogP contribution in [0.1, 0.15) is 19.3 Å². The van der Waals surface area contributed by atoms with Crippen molar-refractivity contribution in [1.82, 2.24) is 19.7 Å². The van der Waals surface area contributed by atoms with Gasteiger partial charge in [-0.15, -0.1) is 6.58 Å². The summed E-state index contributed by atoms with van der Waals surface area (Å²) in [6, 6.07) is 0.258. The molecule has 2 aromatic heterocycles. The lowest BCUT2D eigenvalue weighted by Gasteiger charge is -2.38. The van der Waals surface area contributed by atoms with Crippen LogP contribution in [0, 0.1) is 0 Å². The Kier molecular flexibility index (Phi) is 4.09. The van der Waals surface area contributed by atoms with Gasteiger partial charge in [0.05, 0.1) is 18.3 Å². The fourth-order valence-electron chi connectivity index (χ4n) is 3.50. The van der Waals surface area contributed by atoms with Crippen LogP contribution in [0.4, 0.5) is 5.95 Å². The fourth-order valence-corrected chi connectivity index (χ4v) is 4.88. The molecule has 2 saturated heterocycles. The summed E-state index contributed by atoms with van der Waals surface area (Å²) in [5.41, 5.74) is 0.408. The van der Waals surface area contributed by atoms with Crippen LogP contribution < -0.4 is 10.9 Å². The normalized spacial score (nSPS) is 26.9. The van der Waals surface area contributed by atoms with E-state index >= 15 is 0 Å². The van der Waals surface area contributed by atoms with Crippen molar-refractivity contribution in [3.63, 3.8) is 0 Å². The second-order valence-electron chi connectivity index (χ2n) is 6.44. The van der Waals surface area contributed by atoms with E-state index in [4.69, 9.17) is 4.74 Å². The van der Waals surface area contributed by atoms with Gasteiger partial charge in [-0.2, -0.15) is 21.8 Å². The third kappa shape index (κ3) is 2.84. The fraction of sp³-hybridized carbons (Fsp3) is 0.562. The van der Waals surface area contributed by atoms with Crippen molar-refractivity contribution >= 4 is 28.7 Å². The number of ether oxygens (including phenoxy) is 1. The average Bonchev–Trinajstić information content (AvgIpc) is 3.16.